The van der Waals surface area contributed by atoms with Crippen LogP contribution in [0.2, 0.25) is 0 Å². The topological polar surface area (TPSA) is 87.4 Å². The third-order valence-corrected chi connectivity index (χ3v) is 7.47. The van der Waals surface area contributed by atoms with Gasteiger partial charge >= 0.3 is 0 Å². The molecule has 3 aromatic rings. The number of nitriles is 1. The van der Waals surface area contributed by atoms with E-state index in [0.717, 1.165) is 11.1 Å². The molecular formula is C26H21FN4O2S. The lowest BCUT2D eigenvalue weighted by atomic mass is 9.67. The second-order valence-corrected chi connectivity index (χ2v) is 9.32. The molecule has 0 saturated carbocycles. The van der Waals surface area contributed by atoms with Crippen LogP contribution in [-0.2, 0) is 18.4 Å². The van der Waals surface area contributed by atoms with Crippen molar-refractivity contribution >= 4 is 22.8 Å². The van der Waals surface area contributed by atoms with Gasteiger partial charge in [-0.15, -0.1) is 0 Å². The number of carbonyl (C=O) groups is 1. The minimum Gasteiger partial charge on any atom is -0.481 e. The minimum absolute atomic E-state index is 0.0436. The summed E-state index contributed by atoms with van der Waals surface area (Å²) in [5.41, 5.74) is 2.17. The summed E-state index contributed by atoms with van der Waals surface area (Å²) in [4.78, 5) is 22.2. The molecule has 170 valence electrons. The largest absolute Gasteiger partial charge is 0.481 e. The third kappa shape index (κ3) is 3.82. The van der Waals surface area contributed by atoms with Gasteiger partial charge in [0.15, 0.2) is 5.17 Å². The number of hydrogen-bond acceptors (Lipinski definition) is 6. The van der Waals surface area contributed by atoms with Crippen LogP contribution in [0.5, 0.6) is 5.88 Å². The highest BCUT2D eigenvalue weighted by atomic mass is 32.2. The zero-order valence-corrected chi connectivity index (χ0v) is 19.2. The average Bonchev–Trinajstić information content (AvgIpc) is 2.87. The Balaban J connectivity index is 1.64. The van der Waals surface area contributed by atoms with E-state index in [1.165, 1.54) is 23.9 Å². The maximum Gasteiger partial charge on any atom is 0.257 e. The quantitative estimate of drug-likeness (QED) is 0.616. The van der Waals surface area contributed by atoms with Gasteiger partial charge < -0.3 is 10.1 Å². The summed E-state index contributed by atoms with van der Waals surface area (Å²) in [5.74, 6) is 0.365. The van der Waals surface area contributed by atoms with Gasteiger partial charge in [0, 0.05) is 41.0 Å². The molecule has 5 rings (SSSR count). The summed E-state index contributed by atoms with van der Waals surface area (Å²) >= 11 is 1.45. The molecule has 0 fully saturated rings. The number of methoxy groups -OCH3 is 1. The molecule has 0 radical (unpaired) electrons. The summed E-state index contributed by atoms with van der Waals surface area (Å²) in [7, 11) is 1.56. The molecule has 1 aliphatic carbocycles. The number of benzene rings is 2. The molecule has 2 atom stereocenters. The second kappa shape index (κ2) is 8.92. The van der Waals surface area contributed by atoms with Crippen LogP contribution < -0.4 is 10.1 Å². The van der Waals surface area contributed by atoms with Gasteiger partial charge in [-0.3, -0.25) is 4.79 Å². The van der Waals surface area contributed by atoms with Crippen LogP contribution in [0.25, 0.3) is 0 Å². The van der Waals surface area contributed by atoms with E-state index in [1.807, 2.05) is 12.1 Å². The van der Waals surface area contributed by atoms with Gasteiger partial charge in [0.2, 0.25) is 5.88 Å². The Kier molecular flexibility index (Phi) is 5.80. The fourth-order valence-corrected chi connectivity index (χ4v) is 5.91. The first-order chi connectivity index (χ1) is 16.5. The van der Waals surface area contributed by atoms with Crippen molar-refractivity contribution in [1.82, 2.24) is 10.3 Å². The fourth-order valence-electron chi connectivity index (χ4n) is 4.76. The summed E-state index contributed by atoms with van der Waals surface area (Å²) in [6.45, 7) is 0. The highest BCUT2D eigenvalue weighted by Gasteiger charge is 2.49. The van der Waals surface area contributed by atoms with Crippen molar-refractivity contribution in [2.24, 2.45) is 10.9 Å². The van der Waals surface area contributed by atoms with E-state index in [2.05, 4.69) is 16.4 Å². The summed E-state index contributed by atoms with van der Waals surface area (Å²) < 4.78 is 20.9. The zero-order chi connectivity index (χ0) is 23.7. The number of pyridine rings is 1. The average molecular weight is 473 g/mol. The lowest BCUT2D eigenvalue weighted by Gasteiger charge is -2.45. The van der Waals surface area contributed by atoms with E-state index in [1.54, 1.807) is 43.6 Å². The van der Waals surface area contributed by atoms with Gasteiger partial charge in [-0.2, -0.15) is 5.26 Å². The fraction of sp³-hybridized carbons (Fsp3) is 0.231. The van der Waals surface area contributed by atoms with E-state index in [-0.39, 0.29) is 11.8 Å². The number of fused-ring (bicyclic) bond motifs is 2. The normalized spacial score (nSPS) is 20.9. The Labute approximate surface area is 200 Å². The molecule has 0 bridgehead atoms. The summed E-state index contributed by atoms with van der Waals surface area (Å²) in [5, 5.41) is 12.8. The van der Waals surface area contributed by atoms with Crippen LogP contribution in [0.1, 0.15) is 32.6 Å². The van der Waals surface area contributed by atoms with Crippen LogP contribution in [-0.4, -0.2) is 28.9 Å². The van der Waals surface area contributed by atoms with Crippen LogP contribution in [0.3, 0.4) is 0 Å². The number of ether oxygens (including phenoxy) is 1. The Morgan fingerprint density at radius 2 is 2.09 bits per heavy atom. The molecule has 2 aliphatic rings. The molecule has 6 nitrogen and oxygen atoms in total. The monoisotopic (exact) mass is 472 g/mol. The molecule has 0 saturated heterocycles. The van der Waals surface area contributed by atoms with Crippen molar-refractivity contribution < 1.29 is 13.9 Å². The van der Waals surface area contributed by atoms with Crippen molar-refractivity contribution in [2.75, 3.05) is 12.9 Å². The number of amides is 1. The molecule has 0 spiro atoms. The van der Waals surface area contributed by atoms with Gasteiger partial charge in [-0.1, -0.05) is 30.0 Å². The molecule has 2 aromatic carbocycles. The van der Waals surface area contributed by atoms with Crippen molar-refractivity contribution in [3.63, 3.8) is 0 Å². The third-order valence-electron chi connectivity index (χ3n) is 6.44. The van der Waals surface area contributed by atoms with Crippen molar-refractivity contribution in [2.45, 2.75) is 18.4 Å². The van der Waals surface area contributed by atoms with Crippen molar-refractivity contribution in [1.29, 1.82) is 5.26 Å². The Morgan fingerprint density at radius 3 is 2.85 bits per heavy atom. The first-order valence-electron chi connectivity index (χ1n) is 10.8. The van der Waals surface area contributed by atoms with Gasteiger partial charge in [0.25, 0.3) is 5.91 Å². The summed E-state index contributed by atoms with van der Waals surface area (Å²) in [6.07, 6.45) is 2.72. The number of nitrogens with one attached hydrogen (secondary N) is 1. The number of aliphatic imine (C=N–C) groups is 1. The van der Waals surface area contributed by atoms with Crippen molar-refractivity contribution in [3.8, 4) is 11.9 Å². The number of nitrogens with zero attached hydrogens (tertiary/aromatic N) is 3. The first-order valence-corrected chi connectivity index (χ1v) is 11.8. The van der Waals surface area contributed by atoms with Crippen LogP contribution in [0.15, 0.2) is 65.8 Å². The standard InChI is InChI=1S/C26H21FN4O2S/c1-33-24-20-13-26(21-11-16(14-28)7-8-22(21)27)19(12-18(20)9-10-29-24)15-34-25(31-26)30-23(32)17-5-3-2-4-6-17/h2-11,19H,12-13,15H2,1H3,(H,30,31,32)/t19-,26-/m0/s1. The Bertz CT molecular complexity index is 1340. The lowest BCUT2D eigenvalue weighted by Crippen LogP contribution is -2.48. The van der Waals surface area contributed by atoms with Gasteiger partial charge in [-0.05, 0) is 48.4 Å². The van der Waals surface area contributed by atoms with Crippen molar-refractivity contribution in [3.05, 3.63) is 94.4 Å². The van der Waals surface area contributed by atoms with E-state index in [4.69, 9.17) is 9.73 Å². The second-order valence-electron chi connectivity index (χ2n) is 8.31. The lowest BCUT2D eigenvalue weighted by molar-refractivity contribution is 0.0977. The number of carbonyl (C=O) groups excluding carboxylic acids is 1. The van der Waals surface area contributed by atoms with Gasteiger partial charge in [0.05, 0.1) is 24.3 Å². The molecule has 34 heavy (non-hydrogen) atoms. The molecular weight excluding hydrogens is 451 g/mol. The smallest absolute Gasteiger partial charge is 0.257 e. The highest BCUT2D eigenvalue weighted by Crippen LogP contribution is 2.50. The van der Waals surface area contributed by atoms with E-state index in [0.29, 0.717) is 46.3 Å². The first kappa shape index (κ1) is 22.1. The Morgan fingerprint density at radius 1 is 1.26 bits per heavy atom. The van der Waals surface area contributed by atoms with E-state index >= 15 is 4.39 Å². The molecule has 0 unspecified atom stereocenters. The van der Waals surface area contributed by atoms with E-state index < -0.39 is 11.4 Å². The van der Waals surface area contributed by atoms with Gasteiger partial charge in [-0.25, -0.2) is 14.4 Å². The van der Waals surface area contributed by atoms with Crippen LogP contribution in [0.4, 0.5) is 4.39 Å². The number of thioether (sulfide) groups is 1. The number of halogens is 1. The molecule has 1 N–H and O–H groups in total. The molecule has 1 aromatic heterocycles. The highest BCUT2D eigenvalue weighted by molar-refractivity contribution is 8.13. The number of aromatic nitrogens is 1. The van der Waals surface area contributed by atoms with Crippen LogP contribution >= 0.6 is 11.8 Å². The number of hydrogen-bond donors (Lipinski definition) is 1. The molecule has 8 heteroatoms. The molecule has 1 amide bonds. The van der Waals surface area contributed by atoms with E-state index in [9.17, 15) is 10.1 Å². The maximum absolute atomic E-state index is 15.3. The number of rotatable bonds is 3. The Hall–Kier alpha value is -3.70. The number of amidine groups is 1. The minimum atomic E-state index is -1.01. The van der Waals surface area contributed by atoms with Gasteiger partial charge in [0.1, 0.15) is 5.82 Å². The predicted molar refractivity (Wildman–Crippen MR) is 128 cm³/mol. The maximum atomic E-state index is 15.3. The molecule has 1 aliphatic heterocycles. The predicted octanol–water partition coefficient (Wildman–Crippen LogP) is 4.24. The molecule has 2 heterocycles. The zero-order valence-electron chi connectivity index (χ0n) is 18.4. The van der Waals surface area contributed by atoms with Crippen LogP contribution in [0, 0.1) is 23.1 Å². The summed E-state index contributed by atoms with van der Waals surface area (Å²) in [6, 6.07) is 17.3. The SMILES string of the molecule is COc1nccc2c1C[C@]1(c3cc(C#N)ccc3F)N=C(NC(=O)c3ccccc3)SC[C@@H]1C2.